The summed E-state index contributed by atoms with van der Waals surface area (Å²) in [7, 11) is 0. The molecule has 0 aromatic heterocycles. The maximum Gasteiger partial charge on any atom is 0.303 e. The van der Waals surface area contributed by atoms with Crippen molar-refractivity contribution in [3.8, 4) is 0 Å². The Bertz CT molecular complexity index is 419. The van der Waals surface area contributed by atoms with E-state index in [1.807, 2.05) is 6.92 Å². The molecule has 1 aromatic carbocycles. The van der Waals surface area contributed by atoms with Gasteiger partial charge < -0.3 is 5.11 Å². The Morgan fingerprint density at radius 2 is 1.75 bits per heavy atom. The molecule has 2 nitrogen and oxygen atoms in total. The second kappa shape index (κ2) is 4.69. The molecular formula is C14H20O2. The molecule has 1 N–H and O–H groups in total. The molecule has 0 fully saturated rings. The van der Waals surface area contributed by atoms with Crippen molar-refractivity contribution in [1.82, 2.24) is 0 Å². The molecular weight excluding hydrogens is 200 g/mol. The van der Waals surface area contributed by atoms with Crippen molar-refractivity contribution in [1.29, 1.82) is 0 Å². The van der Waals surface area contributed by atoms with Gasteiger partial charge in [-0.2, -0.15) is 0 Å². The molecule has 0 aliphatic heterocycles. The summed E-state index contributed by atoms with van der Waals surface area (Å²) in [4.78, 5) is 10.7. The standard InChI is InChI=1S/C14H20O2/c1-8-6-13(9(2)7-14(15)16)12(5)11(4)10(8)3/h6,9H,7H2,1-5H3,(H,15,16)/t9-/m0/s1. The zero-order chi connectivity index (χ0) is 12.5. The number of aliphatic carboxylic acids is 1. The third-order valence-electron chi connectivity index (χ3n) is 3.53. The van der Waals surface area contributed by atoms with Crippen LogP contribution in [0.25, 0.3) is 0 Å². The summed E-state index contributed by atoms with van der Waals surface area (Å²) in [5.74, 6) is -0.654. The van der Waals surface area contributed by atoms with Gasteiger partial charge in [0.25, 0.3) is 0 Å². The molecule has 0 saturated carbocycles. The second-order valence-electron chi connectivity index (χ2n) is 4.66. The van der Waals surface area contributed by atoms with E-state index in [1.54, 1.807) is 0 Å². The molecule has 0 saturated heterocycles. The van der Waals surface area contributed by atoms with Crippen molar-refractivity contribution in [3.05, 3.63) is 33.9 Å². The van der Waals surface area contributed by atoms with Crippen molar-refractivity contribution >= 4 is 5.97 Å². The number of rotatable bonds is 3. The number of hydrogen-bond donors (Lipinski definition) is 1. The largest absolute Gasteiger partial charge is 0.481 e. The minimum atomic E-state index is -0.734. The highest BCUT2D eigenvalue weighted by molar-refractivity contribution is 5.68. The average molecular weight is 220 g/mol. The van der Waals surface area contributed by atoms with Gasteiger partial charge in [-0.25, -0.2) is 0 Å². The van der Waals surface area contributed by atoms with Crippen LogP contribution in [0.4, 0.5) is 0 Å². The smallest absolute Gasteiger partial charge is 0.303 e. The van der Waals surface area contributed by atoms with E-state index in [1.165, 1.54) is 27.8 Å². The molecule has 0 aliphatic carbocycles. The van der Waals surface area contributed by atoms with Crippen LogP contribution < -0.4 is 0 Å². The summed E-state index contributed by atoms with van der Waals surface area (Å²) in [6.07, 6.45) is 0.197. The van der Waals surface area contributed by atoms with Crippen LogP contribution in [0.1, 0.15) is 47.1 Å². The van der Waals surface area contributed by atoms with Gasteiger partial charge in [-0.3, -0.25) is 4.79 Å². The van der Waals surface area contributed by atoms with Crippen LogP contribution in [0, 0.1) is 27.7 Å². The van der Waals surface area contributed by atoms with Crippen molar-refractivity contribution in [3.63, 3.8) is 0 Å². The molecule has 0 unspecified atom stereocenters. The predicted molar refractivity (Wildman–Crippen MR) is 66.1 cm³/mol. The Morgan fingerprint density at radius 1 is 1.19 bits per heavy atom. The summed E-state index contributed by atoms with van der Waals surface area (Å²) in [5.41, 5.74) is 6.24. The van der Waals surface area contributed by atoms with Crippen molar-refractivity contribution in [2.45, 2.75) is 47.0 Å². The van der Waals surface area contributed by atoms with Gasteiger partial charge in [0.1, 0.15) is 0 Å². The van der Waals surface area contributed by atoms with E-state index in [9.17, 15) is 4.79 Å². The zero-order valence-corrected chi connectivity index (χ0v) is 10.7. The van der Waals surface area contributed by atoms with Crippen molar-refractivity contribution < 1.29 is 9.90 Å². The fraction of sp³-hybridized carbons (Fsp3) is 0.500. The highest BCUT2D eigenvalue weighted by Crippen LogP contribution is 2.28. The second-order valence-corrected chi connectivity index (χ2v) is 4.66. The van der Waals surface area contributed by atoms with Gasteiger partial charge in [-0.1, -0.05) is 13.0 Å². The highest BCUT2D eigenvalue weighted by Gasteiger charge is 2.15. The lowest BCUT2D eigenvalue weighted by molar-refractivity contribution is -0.137. The van der Waals surface area contributed by atoms with E-state index in [4.69, 9.17) is 5.11 Å². The first kappa shape index (κ1) is 12.8. The Hall–Kier alpha value is -1.31. The summed E-state index contributed by atoms with van der Waals surface area (Å²) >= 11 is 0. The molecule has 0 heterocycles. The molecule has 88 valence electrons. The summed E-state index contributed by atoms with van der Waals surface area (Å²) in [6, 6.07) is 2.13. The van der Waals surface area contributed by atoms with Gasteiger partial charge in [0.2, 0.25) is 0 Å². The number of benzene rings is 1. The van der Waals surface area contributed by atoms with Gasteiger partial charge in [-0.05, 0) is 61.4 Å². The fourth-order valence-corrected chi connectivity index (χ4v) is 2.13. The molecule has 16 heavy (non-hydrogen) atoms. The van der Waals surface area contributed by atoms with Crippen LogP contribution in [0.15, 0.2) is 6.07 Å². The lowest BCUT2D eigenvalue weighted by atomic mass is 9.87. The molecule has 1 atom stereocenters. The lowest BCUT2D eigenvalue weighted by Crippen LogP contribution is -2.06. The topological polar surface area (TPSA) is 37.3 Å². The van der Waals surface area contributed by atoms with Crippen LogP contribution in [-0.4, -0.2) is 11.1 Å². The van der Waals surface area contributed by atoms with E-state index in [2.05, 4.69) is 33.8 Å². The van der Waals surface area contributed by atoms with E-state index in [0.29, 0.717) is 0 Å². The first-order valence-electron chi connectivity index (χ1n) is 5.63. The third-order valence-corrected chi connectivity index (χ3v) is 3.53. The third kappa shape index (κ3) is 2.43. The SMILES string of the molecule is Cc1cc([C@@H](C)CC(=O)O)c(C)c(C)c1C. The van der Waals surface area contributed by atoms with Crippen LogP contribution in [0.2, 0.25) is 0 Å². The van der Waals surface area contributed by atoms with E-state index in [-0.39, 0.29) is 12.3 Å². The number of carboxylic acid groups (broad SMARTS) is 1. The Morgan fingerprint density at radius 3 is 2.25 bits per heavy atom. The maximum atomic E-state index is 10.7. The molecule has 0 radical (unpaired) electrons. The molecule has 2 heteroatoms. The Balaban J connectivity index is 3.19. The zero-order valence-electron chi connectivity index (χ0n) is 10.7. The van der Waals surface area contributed by atoms with Gasteiger partial charge >= 0.3 is 5.97 Å². The van der Waals surface area contributed by atoms with Crippen molar-refractivity contribution in [2.24, 2.45) is 0 Å². The number of aryl methyl sites for hydroxylation is 1. The normalized spacial score (nSPS) is 12.6. The van der Waals surface area contributed by atoms with Crippen molar-refractivity contribution in [2.75, 3.05) is 0 Å². The minimum absolute atomic E-state index is 0.0792. The van der Waals surface area contributed by atoms with Crippen LogP contribution in [0.5, 0.6) is 0 Å². The molecule has 0 aliphatic rings. The highest BCUT2D eigenvalue weighted by atomic mass is 16.4. The number of carbonyl (C=O) groups is 1. The quantitative estimate of drug-likeness (QED) is 0.846. The first-order valence-corrected chi connectivity index (χ1v) is 5.63. The average Bonchev–Trinajstić information content (AvgIpc) is 2.19. The summed E-state index contributed by atoms with van der Waals surface area (Å²) in [5, 5.41) is 8.83. The van der Waals surface area contributed by atoms with Gasteiger partial charge in [0.15, 0.2) is 0 Å². The van der Waals surface area contributed by atoms with Gasteiger partial charge in [0, 0.05) is 0 Å². The minimum Gasteiger partial charge on any atom is -0.481 e. The number of hydrogen-bond acceptors (Lipinski definition) is 1. The summed E-state index contributed by atoms with van der Waals surface area (Å²) in [6.45, 7) is 10.4. The molecule has 1 rings (SSSR count). The van der Waals surface area contributed by atoms with Gasteiger partial charge in [-0.15, -0.1) is 0 Å². The Kier molecular flexibility index (Phi) is 3.74. The molecule has 0 spiro atoms. The van der Waals surface area contributed by atoms with Crippen LogP contribution in [0.3, 0.4) is 0 Å². The lowest BCUT2D eigenvalue weighted by Gasteiger charge is -2.18. The van der Waals surface area contributed by atoms with Crippen LogP contribution >= 0.6 is 0 Å². The van der Waals surface area contributed by atoms with E-state index < -0.39 is 5.97 Å². The van der Waals surface area contributed by atoms with Gasteiger partial charge in [0.05, 0.1) is 6.42 Å². The number of carboxylic acids is 1. The molecule has 0 amide bonds. The predicted octanol–water partition coefficient (Wildman–Crippen LogP) is 3.50. The summed E-state index contributed by atoms with van der Waals surface area (Å²) < 4.78 is 0. The fourth-order valence-electron chi connectivity index (χ4n) is 2.13. The van der Waals surface area contributed by atoms with E-state index >= 15 is 0 Å². The maximum absolute atomic E-state index is 10.7. The first-order chi connectivity index (χ1) is 7.34. The Labute approximate surface area is 97.3 Å². The molecule has 0 bridgehead atoms. The molecule has 1 aromatic rings. The van der Waals surface area contributed by atoms with Crippen LogP contribution in [-0.2, 0) is 4.79 Å². The monoisotopic (exact) mass is 220 g/mol. The van der Waals surface area contributed by atoms with E-state index in [0.717, 1.165) is 0 Å².